The maximum Gasteiger partial charge on any atom is 0.227 e. The normalized spacial score (nSPS) is 16.0. The Hall–Kier alpha value is -3.07. The lowest BCUT2D eigenvalue weighted by Gasteiger charge is -2.27. The molecule has 0 amide bonds. The van der Waals surface area contributed by atoms with Crippen LogP contribution in [0.5, 0.6) is 11.5 Å². The van der Waals surface area contributed by atoms with Crippen molar-refractivity contribution in [3.05, 3.63) is 30.1 Å². The minimum Gasteiger partial charge on any atom is -0.504 e. The molecular formula is C24H34N6O3. The van der Waals surface area contributed by atoms with Crippen molar-refractivity contribution in [2.75, 3.05) is 17.7 Å². The third-order valence-electron chi connectivity index (χ3n) is 6.54. The monoisotopic (exact) mass is 454 g/mol. The first-order valence-corrected chi connectivity index (χ1v) is 11.6. The molecular weight excluding hydrogens is 420 g/mol. The first-order chi connectivity index (χ1) is 15.8. The van der Waals surface area contributed by atoms with E-state index in [2.05, 4.69) is 25.2 Å². The van der Waals surface area contributed by atoms with E-state index in [9.17, 15) is 10.2 Å². The molecule has 1 atom stereocenters. The predicted octanol–water partition coefficient (Wildman–Crippen LogP) is 4.23. The number of aromatic nitrogens is 4. The van der Waals surface area contributed by atoms with Gasteiger partial charge in [0.05, 0.1) is 25.1 Å². The van der Waals surface area contributed by atoms with Gasteiger partial charge in [-0.2, -0.15) is 9.97 Å². The number of anilines is 2. The summed E-state index contributed by atoms with van der Waals surface area (Å²) in [6, 6.07) is 5.48. The van der Waals surface area contributed by atoms with Gasteiger partial charge in [-0.25, -0.2) is 4.98 Å². The second-order valence-corrected chi connectivity index (χ2v) is 9.35. The number of phenolic OH excluding ortho intramolecular Hbond substituents is 1. The van der Waals surface area contributed by atoms with Crippen LogP contribution in [-0.4, -0.2) is 48.5 Å². The number of nitrogens with one attached hydrogen (secondary N) is 2. The number of nitrogens with zero attached hydrogens (tertiary/aromatic N) is 4. The average Bonchev–Trinajstić information content (AvgIpc) is 3.22. The van der Waals surface area contributed by atoms with Crippen LogP contribution >= 0.6 is 0 Å². The van der Waals surface area contributed by atoms with Gasteiger partial charge in [-0.3, -0.25) is 0 Å². The van der Waals surface area contributed by atoms with Crippen LogP contribution < -0.4 is 15.4 Å². The van der Waals surface area contributed by atoms with Gasteiger partial charge in [-0.1, -0.05) is 31.4 Å². The Morgan fingerprint density at radius 1 is 1.21 bits per heavy atom. The first kappa shape index (κ1) is 23.1. The topological polar surface area (TPSA) is 117 Å². The summed E-state index contributed by atoms with van der Waals surface area (Å²) in [6.07, 6.45) is 7.75. The van der Waals surface area contributed by atoms with Crippen LogP contribution in [0, 0.1) is 0 Å². The van der Waals surface area contributed by atoms with Crippen molar-refractivity contribution in [2.24, 2.45) is 0 Å². The number of ether oxygens (including phenoxy) is 1. The lowest BCUT2D eigenvalue weighted by molar-refractivity contribution is 0.0646. The van der Waals surface area contributed by atoms with E-state index < -0.39 is 5.60 Å². The van der Waals surface area contributed by atoms with Crippen molar-refractivity contribution in [1.82, 2.24) is 19.5 Å². The van der Waals surface area contributed by atoms with Gasteiger partial charge in [0.2, 0.25) is 5.95 Å². The van der Waals surface area contributed by atoms with Crippen molar-refractivity contribution >= 4 is 22.9 Å². The van der Waals surface area contributed by atoms with Crippen molar-refractivity contribution in [2.45, 2.75) is 77.1 Å². The molecule has 0 radical (unpaired) electrons. The van der Waals surface area contributed by atoms with Crippen LogP contribution in [0.15, 0.2) is 24.5 Å². The highest BCUT2D eigenvalue weighted by atomic mass is 16.5. The summed E-state index contributed by atoms with van der Waals surface area (Å²) in [5.41, 5.74) is 1.19. The predicted molar refractivity (Wildman–Crippen MR) is 129 cm³/mol. The molecule has 0 saturated heterocycles. The molecule has 9 heteroatoms. The molecule has 2 aromatic heterocycles. The number of hydrogen-bond acceptors (Lipinski definition) is 8. The zero-order chi connectivity index (χ0) is 23.6. The van der Waals surface area contributed by atoms with Crippen LogP contribution in [0.2, 0.25) is 0 Å². The van der Waals surface area contributed by atoms with E-state index in [1.807, 2.05) is 25.4 Å². The van der Waals surface area contributed by atoms with Crippen LogP contribution in [0.1, 0.15) is 64.5 Å². The summed E-state index contributed by atoms with van der Waals surface area (Å²) in [4.78, 5) is 14.1. The van der Waals surface area contributed by atoms with Gasteiger partial charge < -0.3 is 30.2 Å². The molecule has 2 heterocycles. The van der Waals surface area contributed by atoms with Crippen LogP contribution in [0.4, 0.5) is 11.8 Å². The van der Waals surface area contributed by atoms with Gasteiger partial charge >= 0.3 is 0 Å². The average molecular weight is 455 g/mol. The van der Waals surface area contributed by atoms with E-state index in [1.165, 1.54) is 26.4 Å². The molecule has 33 heavy (non-hydrogen) atoms. The fourth-order valence-corrected chi connectivity index (χ4v) is 4.16. The standard InChI is InChI=1S/C24H34N6O3/c1-15(24(2,3)32)27-23-28-21(25-13-16-9-8-12-18(33-4)20(16)31)19-22(29-23)30(14-26-19)17-10-6-5-7-11-17/h8-9,12,14-15,17,31-32H,5-7,10-11,13H2,1-4H3,(H2,25,27,28,29). The number of phenols is 1. The molecule has 1 aliphatic carbocycles. The molecule has 1 unspecified atom stereocenters. The maximum absolute atomic E-state index is 10.5. The molecule has 0 aliphatic heterocycles. The Balaban J connectivity index is 1.70. The SMILES string of the molecule is COc1cccc(CNc2nc(NC(C)C(C)(C)O)nc3c2ncn3C2CCCCC2)c1O. The Labute approximate surface area is 194 Å². The van der Waals surface area contributed by atoms with Crippen molar-refractivity contribution in [3.8, 4) is 11.5 Å². The Bertz CT molecular complexity index is 1100. The van der Waals surface area contributed by atoms with Gasteiger partial charge in [-0.15, -0.1) is 0 Å². The second kappa shape index (κ2) is 9.43. The molecule has 4 rings (SSSR count). The zero-order valence-corrected chi connectivity index (χ0v) is 19.8. The summed E-state index contributed by atoms with van der Waals surface area (Å²) in [5.74, 6) is 1.51. The lowest BCUT2D eigenvalue weighted by atomic mass is 9.95. The van der Waals surface area contributed by atoms with E-state index in [-0.39, 0.29) is 11.8 Å². The number of hydrogen-bond donors (Lipinski definition) is 4. The number of para-hydroxylation sites is 1. The highest BCUT2D eigenvalue weighted by Crippen LogP contribution is 2.33. The molecule has 1 fully saturated rings. The van der Waals surface area contributed by atoms with Crippen molar-refractivity contribution < 1.29 is 14.9 Å². The quantitative estimate of drug-likeness (QED) is 0.399. The fourth-order valence-electron chi connectivity index (χ4n) is 4.16. The summed E-state index contributed by atoms with van der Waals surface area (Å²) in [7, 11) is 1.53. The fraction of sp³-hybridized carbons (Fsp3) is 0.542. The molecule has 1 saturated carbocycles. The molecule has 4 N–H and O–H groups in total. The number of rotatable bonds is 8. The number of imidazole rings is 1. The Kier molecular flexibility index (Phi) is 6.60. The van der Waals surface area contributed by atoms with Gasteiger partial charge in [-0.05, 0) is 39.7 Å². The number of aromatic hydroxyl groups is 1. The molecule has 1 aromatic carbocycles. The van der Waals surface area contributed by atoms with E-state index in [4.69, 9.17) is 9.72 Å². The van der Waals surface area contributed by atoms with Gasteiger partial charge in [0.25, 0.3) is 0 Å². The molecule has 178 valence electrons. The van der Waals surface area contributed by atoms with Crippen LogP contribution in [0.3, 0.4) is 0 Å². The maximum atomic E-state index is 10.5. The Morgan fingerprint density at radius 3 is 2.67 bits per heavy atom. The van der Waals surface area contributed by atoms with E-state index >= 15 is 0 Å². The first-order valence-electron chi connectivity index (χ1n) is 11.6. The highest BCUT2D eigenvalue weighted by molar-refractivity contribution is 5.84. The van der Waals surface area contributed by atoms with E-state index in [1.54, 1.807) is 19.9 Å². The van der Waals surface area contributed by atoms with E-state index in [0.29, 0.717) is 41.2 Å². The zero-order valence-electron chi connectivity index (χ0n) is 19.8. The largest absolute Gasteiger partial charge is 0.504 e. The minimum atomic E-state index is -0.943. The summed E-state index contributed by atoms with van der Waals surface area (Å²) in [5, 5.41) is 27.4. The van der Waals surface area contributed by atoms with E-state index in [0.717, 1.165) is 18.5 Å². The number of methoxy groups -OCH3 is 1. The number of aliphatic hydroxyl groups is 1. The highest BCUT2D eigenvalue weighted by Gasteiger charge is 2.25. The molecule has 0 bridgehead atoms. The summed E-state index contributed by atoms with van der Waals surface area (Å²) in [6.45, 7) is 5.74. The minimum absolute atomic E-state index is 0.0968. The summed E-state index contributed by atoms with van der Waals surface area (Å²) >= 11 is 0. The van der Waals surface area contributed by atoms with Crippen LogP contribution in [0.25, 0.3) is 11.2 Å². The molecule has 3 aromatic rings. The second-order valence-electron chi connectivity index (χ2n) is 9.35. The van der Waals surface area contributed by atoms with Crippen molar-refractivity contribution in [1.29, 1.82) is 0 Å². The van der Waals surface area contributed by atoms with Gasteiger partial charge in [0, 0.05) is 18.2 Å². The van der Waals surface area contributed by atoms with Gasteiger partial charge in [0.15, 0.2) is 28.5 Å². The third-order valence-corrected chi connectivity index (χ3v) is 6.54. The smallest absolute Gasteiger partial charge is 0.227 e. The summed E-state index contributed by atoms with van der Waals surface area (Å²) < 4.78 is 7.38. The Morgan fingerprint density at radius 2 is 1.97 bits per heavy atom. The lowest BCUT2D eigenvalue weighted by Crippen LogP contribution is -2.39. The van der Waals surface area contributed by atoms with Crippen molar-refractivity contribution in [3.63, 3.8) is 0 Å². The molecule has 1 aliphatic rings. The third kappa shape index (κ3) is 4.98. The number of fused-ring (bicyclic) bond motifs is 1. The number of benzene rings is 1. The van der Waals surface area contributed by atoms with Gasteiger partial charge in [0.1, 0.15) is 0 Å². The molecule has 0 spiro atoms. The van der Waals surface area contributed by atoms with Crippen LogP contribution in [-0.2, 0) is 6.54 Å². The molecule has 9 nitrogen and oxygen atoms in total.